The first kappa shape index (κ1) is 11.4. The van der Waals surface area contributed by atoms with E-state index in [0.29, 0.717) is 0 Å². The van der Waals surface area contributed by atoms with Crippen LogP contribution in [0.5, 0.6) is 0 Å². The van der Waals surface area contributed by atoms with Crippen LogP contribution in [0.4, 0.5) is 0 Å². The molecule has 4 heteroatoms. The van der Waals surface area contributed by atoms with Gasteiger partial charge in [-0.25, -0.2) is 0 Å². The molecule has 38 valence electrons. The predicted octanol–water partition coefficient (Wildman–Crippen LogP) is -3.06. The Morgan fingerprint density at radius 3 is 2.14 bits per heavy atom. The number of rotatable bonds is 1. The number of thiol groups is 1. The molecule has 2 nitrogen and oxygen atoms in total. The Morgan fingerprint density at radius 2 is 2.14 bits per heavy atom. The van der Waals surface area contributed by atoms with Gasteiger partial charge in [0.15, 0.2) is 0 Å². The maximum atomic E-state index is 9.76. The average Bonchev–Trinajstić information content (AvgIpc) is 1.36. The van der Waals surface area contributed by atoms with E-state index in [-0.39, 0.29) is 52.8 Å². The van der Waals surface area contributed by atoms with Gasteiger partial charge in [-0.3, -0.25) is 4.79 Å². The molecule has 0 aromatic carbocycles. The molecule has 0 aliphatic carbocycles. The second kappa shape index (κ2) is 5.75. The maximum Gasteiger partial charge on any atom is 1.00 e. The molecule has 0 amide bonds. The summed E-state index contributed by atoms with van der Waals surface area (Å²) in [6.07, 6.45) is -0.923. The van der Waals surface area contributed by atoms with Crippen LogP contribution in [0.25, 0.3) is 0 Å². The Kier molecular flexibility index (Phi) is 9.38. The van der Waals surface area contributed by atoms with Crippen molar-refractivity contribution in [2.24, 2.45) is 0 Å². The summed E-state index contributed by atoms with van der Waals surface area (Å²) in [4.78, 5) is 9.76. The van der Waals surface area contributed by atoms with Gasteiger partial charge in [-0.2, -0.15) is 0 Å². The van der Waals surface area contributed by atoms with E-state index in [9.17, 15) is 4.79 Å². The molecule has 0 spiro atoms. The molecule has 0 heterocycles. The standard InChI is InChI=1S/C3H6O2S.K.H/c1-2(4)3(5)6;;/h2,4H,1H3,(H,5,6);;/q;+1;-1. The molecule has 0 saturated heterocycles. The minimum Gasteiger partial charge on any atom is -1.00 e. The van der Waals surface area contributed by atoms with E-state index in [2.05, 4.69) is 12.6 Å². The van der Waals surface area contributed by atoms with Gasteiger partial charge in [0.1, 0.15) is 6.10 Å². The van der Waals surface area contributed by atoms with E-state index in [1.807, 2.05) is 0 Å². The maximum absolute atomic E-state index is 9.76. The summed E-state index contributed by atoms with van der Waals surface area (Å²) in [6.45, 7) is 1.37. The molecule has 1 N–H and O–H groups in total. The van der Waals surface area contributed by atoms with E-state index >= 15 is 0 Å². The van der Waals surface area contributed by atoms with Crippen LogP contribution in [0.1, 0.15) is 8.35 Å². The zero-order valence-corrected chi connectivity index (χ0v) is 8.40. The number of carbonyl (C=O) groups excluding carboxylic acids is 1. The largest absolute Gasteiger partial charge is 1.00 e. The molecule has 7 heavy (non-hydrogen) atoms. The Morgan fingerprint density at radius 1 is 2.00 bits per heavy atom. The Bertz CT molecular complexity index is 68.3. The first-order valence-electron chi connectivity index (χ1n) is 1.55. The van der Waals surface area contributed by atoms with Gasteiger partial charge in [0.05, 0.1) is 0 Å². The number of carbonyl (C=O) groups is 1. The summed E-state index contributed by atoms with van der Waals surface area (Å²) in [5, 5.41) is 7.71. The number of hydrogen-bond donors (Lipinski definition) is 2. The Labute approximate surface area is 92.0 Å². The van der Waals surface area contributed by atoms with E-state index < -0.39 is 11.2 Å². The fourth-order valence-electron chi connectivity index (χ4n) is 0. The van der Waals surface area contributed by atoms with Crippen LogP contribution in [0.15, 0.2) is 0 Å². The van der Waals surface area contributed by atoms with E-state index in [0.717, 1.165) is 0 Å². The molecule has 0 radical (unpaired) electrons. The predicted molar refractivity (Wildman–Crippen MR) is 26.8 cm³/mol. The Balaban J connectivity index is -0.000000125. The van der Waals surface area contributed by atoms with Crippen molar-refractivity contribution in [3.8, 4) is 0 Å². The molecule has 0 aliphatic heterocycles. The third-order valence-corrected chi connectivity index (χ3v) is 0.731. The van der Waals surface area contributed by atoms with Gasteiger partial charge in [-0.05, 0) is 6.92 Å². The first-order valence-corrected chi connectivity index (χ1v) is 2.00. The quantitative estimate of drug-likeness (QED) is 0.304. The van der Waals surface area contributed by atoms with Gasteiger partial charge in [0, 0.05) is 0 Å². The van der Waals surface area contributed by atoms with Crippen LogP contribution < -0.4 is 51.4 Å². The van der Waals surface area contributed by atoms with Crippen molar-refractivity contribution in [3.05, 3.63) is 0 Å². The van der Waals surface area contributed by atoms with Crippen LogP contribution in [-0.2, 0) is 4.79 Å². The van der Waals surface area contributed by atoms with Gasteiger partial charge in [0.25, 0.3) is 0 Å². The molecule has 0 saturated carbocycles. The minimum atomic E-state index is -0.923. The number of aliphatic hydroxyl groups is 1. The van der Waals surface area contributed by atoms with E-state index in [1.54, 1.807) is 0 Å². The van der Waals surface area contributed by atoms with Crippen molar-refractivity contribution < 1.29 is 62.7 Å². The number of aliphatic hydroxyl groups excluding tert-OH is 1. The Hall–Kier alpha value is 1.62. The SMILES string of the molecule is CC(O)C(=O)S.[H-].[K+]. The van der Waals surface area contributed by atoms with Gasteiger partial charge < -0.3 is 6.53 Å². The smallest absolute Gasteiger partial charge is 1.00 e. The normalized spacial score (nSPS) is 11.9. The summed E-state index contributed by atoms with van der Waals surface area (Å²) in [7, 11) is 0. The van der Waals surface area contributed by atoms with Crippen LogP contribution >= 0.6 is 12.6 Å². The van der Waals surface area contributed by atoms with E-state index in [4.69, 9.17) is 5.11 Å². The van der Waals surface area contributed by atoms with Crippen LogP contribution in [0, 0.1) is 0 Å². The molecule has 0 bridgehead atoms. The van der Waals surface area contributed by atoms with Crippen molar-refractivity contribution in [1.82, 2.24) is 0 Å². The second-order valence-corrected chi connectivity index (χ2v) is 1.45. The molecule has 0 fully saturated rings. The monoisotopic (exact) mass is 146 g/mol. The number of hydrogen-bond acceptors (Lipinski definition) is 2. The fourth-order valence-corrected chi connectivity index (χ4v) is 0. The molecule has 0 aromatic rings. The molecule has 0 rings (SSSR count). The first-order chi connectivity index (χ1) is 2.64. The van der Waals surface area contributed by atoms with Gasteiger partial charge in [-0.15, -0.1) is 12.6 Å². The van der Waals surface area contributed by atoms with Crippen molar-refractivity contribution >= 4 is 17.7 Å². The zero-order chi connectivity index (χ0) is 5.15. The third-order valence-electron chi connectivity index (χ3n) is 0.357. The van der Waals surface area contributed by atoms with Crippen LogP contribution in [0.2, 0.25) is 0 Å². The zero-order valence-electron chi connectivity index (χ0n) is 5.38. The van der Waals surface area contributed by atoms with Crippen molar-refractivity contribution in [3.63, 3.8) is 0 Å². The summed E-state index contributed by atoms with van der Waals surface area (Å²) >= 11 is 3.30. The van der Waals surface area contributed by atoms with Crippen molar-refractivity contribution in [2.45, 2.75) is 13.0 Å². The van der Waals surface area contributed by atoms with Gasteiger partial charge in [-0.1, -0.05) is 0 Å². The third kappa shape index (κ3) is 7.62. The molecule has 0 aliphatic rings. The summed E-state index contributed by atoms with van der Waals surface area (Å²) in [6, 6.07) is 0. The van der Waals surface area contributed by atoms with Crippen LogP contribution in [-0.4, -0.2) is 16.3 Å². The minimum absolute atomic E-state index is 0. The molecular formula is C3H7KO2S. The van der Waals surface area contributed by atoms with E-state index in [1.165, 1.54) is 6.92 Å². The molecular weight excluding hydrogens is 139 g/mol. The van der Waals surface area contributed by atoms with Gasteiger partial charge in [0.2, 0.25) is 5.12 Å². The van der Waals surface area contributed by atoms with Crippen LogP contribution in [0.3, 0.4) is 0 Å². The summed E-state index contributed by atoms with van der Waals surface area (Å²) < 4.78 is 0. The molecule has 1 atom stereocenters. The summed E-state index contributed by atoms with van der Waals surface area (Å²) in [5.41, 5.74) is 0. The molecule has 0 aromatic heterocycles. The fraction of sp³-hybridized carbons (Fsp3) is 0.667. The van der Waals surface area contributed by atoms with Gasteiger partial charge >= 0.3 is 51.4 Å². The van der Waals surface area contributed by atoms with Crippen molar-refractivity contribution in [1.29, 1.82) is 0 Å². The summed E-state index contributed by atoms with van der Waals surface area (Å²) in [5.74, 6) is 0. The topological polar surface area (TPSA) is 37.3 Å². The average molecular weight is 146 g/mol. The molecule has 1 unspecified atom stereocenters. The van der Waals surface area contributed by atoms with Crippen molar-refractivity contribution in [2.75, 3.05) is 0 Å². The second-order valence-electron chi connectivity index (χ2n) is 1.01.